The van der Waals surface area contributed by atoms with E-state index in [1.54, 1.807) is 36.4 Å². The van der Waals surface area contributed by atoms with Crippen LogP contribution in [0.3, 0.4) is 0 Å². The largest absolute Gasteiger partial charge is 0.389 e. The lowest BCUT2D eigenvalue weighted by molar-refractivity contribution is 0.0581. The molecule has 0 atom stereocenters. The average molecular weight is 454 g/mol. The molecule has 0 amide bonds. The first-order valence-electron chi connectivity index (χ1n) is 9.97. The summed E-state index contributed by atoms with van der Waals surface area (Å²) in [6.45, 7) is 2.68. The van der Waals surface area contributed by atoms with Crippen molar-refractivity contribution in [2.45, 2.75) is 32.4 Å². The SMILES string of the molecule is CC(C)(O)Cn1nnc2cc(-c3c(-c4ccccc4)ccc(C#N)c3F)c(F)c(C(F)F)c21. The Balaban J connectivity index is 2.08. The highest BCUT2D eigenvalue weighted by atomic mass is 19.3. The van der Waals surface area contributed by atoms with Crippen LogP contribution < -0.4 is 0 Å². The molecule has 0 saturated heterocycles. The van der Waals surface area contributed by atoms with E-state index in [2.05, 4.69) is 10.3 Å². The van der Waals surface area contributed by atoms with Crippen molar-refractivity contribution in [2.75, 3.05) is 0 Å². The molecule has 5 nitrogen and oxygen atoms in total. The van der Waals surface area contributed by atoms with E-state index in [1.807, 2.05) is 0 Å². The minimum absolute atomic E-state index is 0.0910. The van der Waals surface area contributed by atoms with Crippen molar-refractivity contribution in [3.63, 3.8) is 0 Å². The number of halogens is 4. The molecule has 1 aromatic heterocycles. The highest BCUT2D eigenvalue weighted by Crippen LogP contribution is 2.41. The Hall–Kier alpha value is -3.77. The van der Waals surface area contributed by atoms with Crippen LogP contribution in [0.15, 0.2) is 48.5 Å². The second kappa shape index (κ2) is 8.30. The standard InChI is InChI=1S/C24H18F4N4O/c1-24(2,33)12-32-22-17(30-31-32)10-16(21(26)19(22)23(27)28)18-15(13-6-4-3-5-7-13)9-8-14(11-29)20(18)25/h3-10,23,33H,12H2,1-2H3. The number of aromatic nitrogens is 3. The van der Waals surface area contributed by atoms with Gasteiger partial charge in [0.15, 0.2) is 0 Å². The normalized spacial score (nSPS) is 11.8. The van der Waals surface area contributed by atoms with Gasteiger partial charge < -0.3 is 5.11 Å². The quantitative estimate of drug-likeness (QED) is 0.397. The molecule has 4 rings (SSSR count). The Labute approximate surface area is 186 Å². The molecule has 3 aromatic carbocycles. The summed E-state index contributed by atoms with van der Waals surface area (Å²) in [5.41, 5.74) is -3.10. The van der Waals surface area contributed by atoms with Gasteiger partial charge in [-0.3, -0.25) is 0 Å². The summed E-state index contributed by atoms with van der Waals surface area (Å²) < 4.78 is 60.3. The minimum atomic E-state index is -3.27. The van der Waals surface area contributed by atoms with Gasteiger partial charge in [-0.2, -0.15) is 5.26 Å². The third kappa shape index (κ3) is 4.05. The summed E-state index contributed by atoms with van der Waals surface area (Å²) in [4.78, 5) is 0. The smallest absolute Gasteiger partial charge is 0.268 e. The zero-order valence-electron chi connectivity index (χ0n) is 17.7. The van der Waals surface area contributed by atoms with Gasteiger partial charge in [-0.05, 0) is 37.1 Å². The van der Waals surface area contributed by atoms with E-state index < -0.39 is 34.8 Å². The van der Waals surface area contributed by atoms with Gasteiger partial charge in [0.05, 0.1) is 23.3 Å². The van der Waals surface area contributed by atoms with Crippen molar-refractivity contribution in [3.05, 3.63) is 71.3 Å². The summed E-state index contributed by atoms with van der Waals surface area (Å²) in [6.07, 6.45) is -3.27. The van der Waals surface area contributed by atoms with Crippen LogP contribution in [0.4, 0.5) is 17.6 Å². The Morgan fingerprint density at radius 2 is 1.76 bits per heavy atom. The molecule has 0 aliphatic carbocycles. The fourth-order valence-electron chi connectivity index (χ4n) is 3.79. The van der Waals surface area contributed by atoms with Crippen molar-refractivity contribution >= 4 is 11.0 Å². The third-order valence-electron chi connectivity index (χ3n) is 5.14. The van der Waals surface area contributed by atoms with Gasteiger partial charge in [-0.25, -0.2) is 22.2 Å². The Morgan fingerprint density at radius 3 is 2.36 bits per heavy atom. The zero-order valence-corrected chi connectivity index (χ0v) is 17.7. The Morgan fingerprint density at radius 1 is 1.06 bits per heavy atom. The second-order valence-electron chi connectivity index (χ2n) is 8.21. The maximum Gasteiger partial charge on any atom is 0.268 e. The molecule has 0 bridgehead atoms. The lowest BCUT2D eigenvalue weighted by atomic mass is 9.90. The number of aliphatic hydroxyl groups is 1. The summed E-state index contributed by atoms with van der Waals surface area (Å²) in [6, 6.07) is 14.0. The van der Waals surface area contributed by atoms with Gasteiger partial charge in [0.2, 0.25) is 0 Å². The third-order valence-corrected chi connectivity index (χ3v) is 5.14. The molecule has 0 saturated carbocycles. The highest BCUT2D eigenvalue weighted by molar-refractivity contribution is 5.91. The van der Waals surface area contributed by atoms with Crippen LogP contribution >= 0.6 is 0 Å². The second-order valence-corrected chi connectivity index (χ2v) is 8.21. The van der Waals surface area contributed by atoms with Gasteiger partial charge >= 0.3 is 0 Å². The number of hydrogen-bond acceptors (Lipinski definition) is 4. The molecule has 0 aliphatic heterocycles. The maximum absolute atomic E-state index is 15.7. The number of fused-ring (bicyclic) bond motifs is 1. The van der Waals surface area contributed by atoms with Crippen LogP contribution in [0.2, 0.25) is 0 Å². The van der Waals surface area contributed by atoms with Crippen molar-refractivity contribution in [2.24, 2.45) is 0 Å². The lowest BCUT2D eigenvalue weighted by Gasteiger charge is -2.19. The fraction of sp³-hybridized carbons (Fsp3) is 0.208. The molecule has 0 aliphatic rings. The van der Waals surface area contributed by atoms with E-state index >= 15 is 8.78 Å². The molecule has 1 N–H and O–H groups in total. The Kier molecular flexibility index (Phi) is 5.64. The van der Waals surface area contributed by atoms with E-state index in [4.69, 9.17) is 0 Å². The monoisotopic (exact) mass is 454 g/mol. The minimum Gasteiger partial charge on any atom is -0.389 e. The molecule has 0 spiro atoms. The first-order valence-corrected chi connectivity index (χ1v) is 9.97. The van der Waals surface area contributed by atoms with Crippen molar-refractivity contribution < 1.29 is 22.7 Å². The summed E-state index contributed by atoms with van der Waals surface area (Å²) >= 11 is 0. The van der Waals surface area contributed by atoms with Crippen LogP contribution in [0.5, 0.6) is 0 Å². The van der Waals surface area contributed by atoms with Crippen LogP contribution in [0.1, 0.15) is 31.4 Å². The number of alkyl halides is 2. The first kappa shape index (κ1) is 22.4. The van der Waals surface area contributed by atoms with Crippen LogP contribution in [0, 0.1) is 23.0 Å². The molecule has 1 heterocycles. The summed E-state index contributed by atoms with van der Waals surface area (Å²) in [5.74, 6) is -2.37. The number of nitriles is 1. The highest BCUT2D eigenvalue weighted by Gasteiger charge is 2.29. The van der Waals surface area contributed by atoms with E-state index in [0.29, 0.717) is 5.56 Å². The summed E-state index contributed by atoms with van der Waals surface area (Å²) in [7, 11) is 0. The van der Waals surface area contributed by atoms with Crippen LogP contribution in [0.25, 0.3) is 33.3 Å². The predicted octanol–water partition coefficient (Wildman–Crippen LogP) is 5.62. The lowest BCUT2D eigenvalue weighted by Crippen LogP contribution is -2.27. The molecular formula is C24H18F4N4O. The van der Waals surface area contributed by atoms with E-state index in [0.717, 1.165) is 10.7 Å². The molecule has 33 heavy (non-hydrogen) atoms. The number of nitrogens with zero attached hydrogens (tertiary/aromatic N) is 4. The van der Waals surface area contributed by atoms with E-state index in [-0.39, 0.29) is 34.3 Å². The average Bonchev–Trinajstić information content (AvgIpc) is 3.14. The maximum atomic E-state index is 15.7. The van der Waals surface area contributed by atoms with E-state index in [9.17, 15) is 19.1 Å². The number of rotatable bonds is 5. The summed E-state index contributed by atoms with van der Waals surface area (Å²) in [5, 5.41) is 27.0. The van der Waals surface area contributed by atoms with Crippen LogP contribution in [-0.2, 0) is 6.54 Å². The van der Waals surface area contributed by atoms with Gasteiger partial charge in [-0.1, -0.05) is 41.6 Å². The molecule has 0 radical (unpaired) electrons. The van der Waals surface area contributed by atoms with Crippen LogP contribution in [-0.4, -0.2) is 25.7 Å². The molecule has 4 aromatic rings. The molecule has 0 fully saturated rings. The molecule has 9 heteroatoms. The van der Waals surface area contributed by atoms with Crippen molar-refractivity contribution in [1.82, 2.24) is 15.0 Å². The van der Waals surface area contributed by atoms with Gasteiger partial charge in [0, 0.05) is 11.1 Å². The molecule has 168 valence electrons. The van der Waals surface area contributed by atoms with Crippen molar-refractivity contribution in [3.8, 4) is 28.3 Å². The van der Waals surface area contributed by atoms with Gasteiger partial charge in [-0.15, -0.1) is 5.10 Å². The first-order chi connectivity index (χ1) is 15.6. The van der Waals surface area contributed by atoms with E-state index in [1.165, 1.54) is 26.0 Å². The van der Waals surface area contributed by atoms with Gasteiger partial charge in [0.25, 0.3) is 6.43 Å². The number of benzene rings is 3. The zero-order chi connectivity index (χ0) is 23.9. The topological polar surface area (TPSA) is 74.7 Å². The predicted molar refractivity (Wildman–Crippen MR) is 114 cm³/mol. The number of hydrogen-bond donors (Lipinski definition) is 1. The fourth-order valence-corrected chi connectivity index (χ4v) is 3.79. The van der Waals surface area contributed by atoms with Gasteiger partial charge in [0.1, 0.15) is 28.7 Å². The Bertz CT molecular complexity index is 1390. The molecule has 0 unspecified atom stereocenters. The molecular weight excluding hydrogens is 436 g/mol. The van der Waals surface area contributed by atoms with Crippen molar-refractivity contribution in [1.29, 1.82) is 5.26 Å².